The van der Waals surface area contributed by atoms with Gasteiger partial charge in [0.1, 0.15) is 5.82 Å². The second kappa shape index (κ2) is 6.01. The van der Waals surface area contributed by atoms with Crippen LogP contribution in [0.25, 0.3) is 16.8 Å². The first-order valence-corrected chi connectivity index (χ1v) is 8.14. The Labute approximate surface area is 135 Å². The minimum Gasteiger partial charge on any atom is -0.393 e. The van der Waals surface area contributed by atoms with Gasteiger partial charge in [-0.05, 0) is 49.9 Å². The van der Waals surface area contributed by atoms with E-state index in [9.17, 15) is 5.11 Å². The summed E-state index contributed by atoms with van der Waals surface area (Å²) < 4.78 is 1.86. The fourth-order valence-electron chi connectivity index (χ4n) is 3.30. The molecule has 0 bridgehead atoms. The van der Waals surface area contributed by atoms with Crippen molar-refractivity contribution in [3.63, 3.8) is 0 Å². The number of aliphatic hydroxyl groups is 1. The van der Waals surface area contributed by atoms with Crippen molar-refractivity contribution in [1.82, 2.24) is 14.6 Å². The zero-order valence-corrected chi connectivity index (χ0v) is 12.9. The molecule has 0 amide bonds. The van der Waals surface area contributed by atoms with Crippen LogP contribution in [0, 0.1) is 0 Å². The smallest absolute Gasteiger partial charge is 0.126 e. The molecule has 2 atom stereocenters. The van der Waals surface area contributed by atoms with E-state index in [0.29, 0.717) is 6.04 Å². The van der Waals surface area contributed by atoms with Crippen molar-refractivity contribution < 1.29 is 5.11 Å². The van der Waals surface area contributed by atoms with Crippen LogP contribution >= 0.6 is 0 Å². The Hall–Kier alpha value is -2.40. The predicted molar refractivity (Wildman–Crippen MR) is 90.3 cm³/mol. The van der Waals surface area contributed by atoms with Crippen molar-refractivity contribution in [2.45, 2.75) is 37.8 Å². The molecule has 4 rings (SSSR count). The van der Waals surface area contributed by atoms with Gasteiger partial charge in [0.25, 0.3) is 0 Å². The predicted octanol–water partition coefficient (Wildman–Crippen LogP) is 3.11. The summed E-state index contributed by atoms with van der Waals surface area (Å²) in [4.78, 5) is 4.74. The molecule has 1 fully saturated rings. The molecular formula is C18H20N4O. The highest BCUT2D eigenvalue weighted by Gasteiger charge is 2.20. The SMILES string of the molecule is OC1CCCC(Nc2cccc(-c3cnn4ccccc34)n2)C1. The van der Waals surface area contributed by atoms with E-state index < -0.39 is 0 Å². The number of aliphatic hydroxyl groups excluding tert-OH is 1. The Morgan fingerprint density at radius 1 is 1.13 bits per heavy atom. The molecule has 0 saturated heterocycles. The summed E-state index contributed by atoms with van der Waals surface area (Å²) in [7, 11) is 0. The summed E-state index contributed by atoms with van der Waals surface area (Å²) in [6.45, 7) is 0. The number of aromatic nitrogens is 3. The first-order valence-electron chi connectivity index (χ1n) is 8.14. The second-order valence-electron chi connectivity index (χ2n) is 6.16. The van der Waals surface area contributed by atoms with Gasteiger partial charge >= 0.3 is 0 Å². The van der Waals surface area contributed by atoms with Crippen molar-refractivity contribution in [3.8, 4) is 11.3 Å². The van der Waals surface area contributed by atoms with Gasteiger partial charge < -0.3 is 10.4 Å². The van der Waals surface area contributed by atoms with Gasteiger partial charge in [-0.25, -0.2) is 9.50 Å². The molecule has 3 heterocycles. The Morgan fingerprint density at radius 3 is 3.00 bits per heavy atom. The van der Waals surface area contributed by atoms with Crippen LogP contribution in [0.3, 0.4) is 0 Å². The van der Waals surface area contributed by atoms with E-state index in [1.165, 1.54) is 0 Å². The molecule has 5 nitrogen and oxygen atoms in total. The number of pyridine rings is 2. The molecular weight excluding hydrogens is 288 g/mol. The van der Waals surface area contributed by atoms with Crippen molar-refractivity contribution in [2.24, 2.45) is 0 Å². The first kappa shape index (κ1) is 14.2. The summed E-state index contributed by atoms with van der Waals surface area (Å²) in [6, 6.07) is 12.3. The van der Waals surface area contributed by atoms with Crippen LogP contribution in [0.2, 0.25) is 0 Å². The van der Waals surface area contributed by atoms with Crippen LogP contribution in [0.1, 0.15) is 25.7 Å². The van der Waals surface area contributed by atoms with Crippen molar-refractivity contribution in [3.05, 3.63) is 48.8 Å². The lowest BCUT2D eigenvalue weighted by Crippen LogP contribution is -2.30. The highest BCUT2D eigenvalue weighted by Crippen LogP contribution is 2.25. The molecule has 2 unspecified atom stereocenters. The molecule has 2 N–H and O–H groups in total. The van der Waals surface area contributed by atoms with E-state index in [2.05, 4.69) is 10.4 Å². The van der Waals surface area contributed by atoms with Gasteiger partial charge in [-0.2, -0.15) is 5.10 Å². The van der Waals surface area contributed by atoms with Gasteiger partial charge in [-0.1, -0.05) is 12.1 Å². The van der Waals surface area contributed by atoms with E-state index in [-0.39, 0.29) is 6.10 Å². The lowest BCUT2D eigenvalue weighted by molar-refractivity contribution is 0.124. The molecule has 0 aromatic carbocycles. The number of rotatable bonds is 3. The highest BCUT2D eigenvalue weighted by molar-refractivity contribution is 5.78. The number of nitrogens with one attached hydrogen (secondary N) is 1. The average Bonchev–Trinajstić information content (AvgIpc) is 2.99. The second-order valence-corrected chi connectivity index (χ2v) is 6.16. The molecule has 118 valence electrons. The fraction of sp³-hybridized carbons (Fsp3) is 0.333. The van der Waals surface area contributed by atoms with Crippen LogP contribution in [0.15, 0.2) is 48.8 Å². The lowest BCUT2D eigenvalue weighted by Gasteiger charge is -2.27. The van der Waals surface area contributed by atoms with Crippen LogP contribution in [0.4, 0.5) is 5.82 Å². The maximum absolute atomic E-state index is 9.81. The zero-order valence-electron chi connectivity index (χ0n) is 12.9. The van der Waals surface area contributed by atoms with E-state index in [4.69, 9.17) is 4.98 Å². The summed E-state index contributed by atoms with van der Waals surface area (Å²) in [5.74, 6) is 0.858. The summed E-state index contributed by atoms with van der Waals surface area (Å²) in [5, 5.41) is 17.6. The van der Waals surface area contributed by atoms with E-state index in [0.717, 1.165) is 48.3 Å². The summed E-state index contributed by atoms with van der Waals surface area (Å²) >= 11 is 0. The molecule has 3 aromatic heterocycles. The molecule has 1 saturated carbocycles. The van der Waals surface area contributed by atoms with Gasteiger partial charge in [0.15, 0.2) is 0 Å². The Balaban J connectivity index is 1.61. The molecule has 0 spiro atoms. The fourth-order valence-corrected chi connectivity index (χ4v) is 3.30. The maximum Gasteiger partial charge on any atom is 0.126 e. The molecule has 5 heteroatoms. The number of anilines is 1. The van der Waals surface area contributed by atoms with Crippen LogP contribution in [-0.4, -0.2) is 31.9 Å². The minimum atomic E-state index is -0.191. The topological polar surface area (TPSA) is 62.5 Å². The third kappa shape index (κ3) is 2.92. The van der Waals surface area contributed by atoms with Gasteiger partial charge in [-0.15, -0.1) is 0 Å². The summed E-state index contributed by atoms with van der Waals surface area (Å²) in [6.07, 6.45) is 7.45. The van der Waals surface area contributed by atoms with E-state index in [1.54, 1.807) is 0 Å². The maximum atomic E-state index is 9.81. The van der Waals surface area contributed by atoms with Crippen LogP contribution in [0.5, 0.6) is 0 Å². The van der Waals surface area contributed by atoms with Crippen molar-refractivity contribution in [1.29, 1.82) is 0 Å². The van der Waals surface area contributed by atoms with E-state index in [1.807, 2.05) is 53.3 Å². The number of hydrogen-bond acceptors (Lipinski definition) is 4. The lowest BCUT2D eigenvalue weighted by atomic mass is 9.93. The Morgan fingerprint density at radius 2 is 2.09 bits per heavy atom. The standard InChI is InChI=1S/C18H20N4O/c23-14-6-3-5-13(11-14)20-18-9-4-7-16(21-18)15-12-19-22-10-2-1-8-17(15)22/h1-2,4,7-10,12-14,23H,3,5-6,11H2,(H,20,21). The minimum absolute atomic E-state index is 0.191. The summed E-state index contributed by atoms with van der Waals surface area (Å²) in [5.41, 5.74) is 2.98. The number of nitrogens with zero attached hydrogens (tertiary/aromatic N) is 3. The zero-order chi connectivity index (χ0) is 15.6. The largest absolute Gasteiger partial charge is 0.393 e. The molecule has 0 radical (unpaired) electrons. The highest BCUT2D eigenvalue weighted by atomic mass is 16.3. The van der Waals surface area contributed by atoms with Crippen LogP contribution in [-0.2, 0) is 0 Å². The third-order valence-electron chi connectivity index (χ3n) is 4.45. The molecule has 23 heavy (non-hydrogen) atoms. The quantitative estimate of drug-likeness (QED) is 0.780. The van der Waals surface area contributed by atoms with Gasteiger partial charge in [-0.3, -0.25) is 0 Å². The number of hydrogen-bond donors (Lipinski definition) is 2. The first-order chi connectivity index (χ1) is 11.3. The average molecular weight is 308 g/mol. The van der Waals surface area contributed by atoms with Crippen LogP contribution < -0.4 is 5.32 Å². The Kier molecular flexibility index (Phi) is 3.71. The monoisotopic (exact) mass is 308 g/mol. The normalized spacial score (nSPS) is 21.4. The molecule has 0 aliphatic heterocycles. The van der Waals surface area contributed by atoms with Gasteiger partial charge in [0.05, 0.1) is 23.5 Å². The number of fused-ring (bicyclic) bond motifs is 1. The van der Waals surface area contributed by atoms with Crippen molar-refractivity contribution in [2.75, 3.05) is 5.32 Å². The Bertz CT molecular complexity index is 813. The van der Waals surface area contributed by atoms with E-state index >= 15 is 0 Å². The van der Waals surface area contributed by atoms with Gasteiger partial charge in [0.2, 0.25) is 0 Å². The molecule has 1 aliphatic carbocycles. The third-order valence-corrected chi connectivity index (χ3v) is 4.45. The molecule has 1 aliphatic rings. The van der Waals surface area contributed by atoms with Crippen molar-refractivity contribution >= 4 is 11.3 Å². The molecule has 3 aromatic rings. The van der Waals surface area contributed by atoms with Gasteiger partial charge in [0, 0.05) is 17.8 Å².